The van der Waals surface area contributed by atoms with Crippen LogP contribution in [-0.4, -0.2) is 22.0 Å². The van der Waals surface area contributed by atoms with Crippen molar-refractivity contribution in [1.82, 2.24) is 10.6 Å². The van der Waals surface area contributed by atoms with E-state index in [1.807, 2.05) is 0 Å². The van der Waals surface area contributed by atoms with E-state index >= 15 is 0 Å². The SMILES string of the molecule is O=C(NC(=S)NC1C2CC3CC(C2)CC1C3)c1ccccc1[N+](=O)[O-]. The fourth-order valence-electron chi connectivity index (χ4n) is 5.34. The van der Waals surface area contributed by atoms with Gasteiger partial charge in [-0.2, -0.15) is 0 Å². The van der Waals surface area contributed by atoms with Gasteiger partial charge < -0.3 is 5.32 Å². The number of benzene rings is 1. The van der Waals surface area contributed by atoms with Crippen LogP contribution >= 0.6 is 12.2 Å². The molecule has 1 amide bonds. The summed E-state index contributed by atoms with van der Waals surface area (Å²) in [6, 6.07) is 6.24. The van der Waals surface area contributed by atoms with Gasteiger partial charge in [-0.05, 0) is 74.1 Å². The largest absolute Gasteiger partial charge is 0.359 e. The predicted molar refractivity (Wildman–Crippen MR) is 97.1 cm³/mol. The first-order valence-electron chi connectivity index (χ1n) is 8.86. The molecule has 1 aromatic carbocycles. The molecule has 5 rings (SSSR count). The van der Waals surface area contributed by atoms with Gasteiger partial charge in [0.25, 0.3) is 11.6 Å². The van der Waals surface area contributed by atoms with E-state index in [1.165, 1.54) is 44.2 Å². The molecule has 4 bridgehead atoms. The monoisotopic (exact) mass is 359 g/mol. The normalized spacial score (nSPS) is 32.2. The van der Waals surface area contributed by atoms with E-state index in [9.17, 15) is 14.9 Å². The van der Waals surface area contributed by atoms with Crippen LogP contribution in [0.1, 0.15) is 42.5 Å². The van der Waals surface area contributed by atoms with Gasteiger partial charge >= 0.3 is 0 Å². The van der Waals surface area contributed by atoms with Gasteiger partial charge in [-0.1, -0.05) is 12.1 Å². The number of carbonyl (C=O) groups is 1. The lowest BCUT2D eigenvalue weighted by Crippen LogP contribution is -2.57. The highest BCUT2D eigenvalue weighted by Gasteiger charge is 2.48. The molecule has 132 valence electrons. The van der Waals surface area contributed by atoms with E-state index in [2.05, 4.69) is 10.6 Å². The van der Waals surface area contributed by atoms with E-state index in [0.717, 1.165) is 11.8 Å². The van der Waals surface area contributed by atoms with Gasteiger partial charge in [0.05, 0.1) is 4.92 Å². The fourth-order valence-corrected chi connectivity index (χ4v) is 5.57. The molecule has 0 aliphatic heterocycles. The molecule has 0 aromatic heterocycles. The highest BCUT2D eigenvalue weighted by atomic mass is 32.1. The number of nitrogens with one attached hydrogen (secondary N) is 2. The summed E-state index contributed by atoms with van der Waals surface area (Å²) in [4.78, 5) is 22.9. The van der Waals surface area contributed by atoms with E-state index in [4.69, 9.17) is 12.2 Å². The number of amides is 1. The van der Waals surface area contributed by atoms with Crippen LogP contribution in [-0.2, 0) is 0 Å². The number of carbonyl (C=O) groups excluding carboxylic acids is 1. The second-order valence-corrected chi connectivity index (χ2v) is 8.07. The van der Waals surface area contributed by atoms with Crippen molar-refractivity contribution >= 4 is 28.9 Å². The maximum atomic E-state index is 12.4. The topological polar surface area (TPSA) is 84.3 Å². The van der Waals surface area contributed by atoms with Crippen molar-refractivity contribution in [2.45, 2.75) is 38.1 Å². The Morgan fingerprint density at radius 2 is 1.68 bits per heavy atom. The van der Waals surface area contributed by atoms with Crippen molar-refractivity contribution in [3.05, 3.63) is 39.9 Å². The summed E-state index contributed by atoms with van der Waals surface area (Å²) in [5.74, 6) is 2.48. The van der Waals surface area contributed by atoms with E-state index < -0.39 is 10.8 Å². The first-order valence-corrected chi connectivity index (χ1v) is 9.27. The highest BCUT2D eigenvalue weighted by Crippen LogP contribution is 2.53. The third-order valence-corrected chi connectivity index (χ3v) is 6.32. The minimum atomic E-state index is -0.552. The minimum Gasteiger partial charge on any atom is -0.359 e. The van der Waals surface area contributed by atoms with Gasteiger partial charge in [0.1, 0.15) is 5.56 Å². The summed E-state index contributed by atoms with van der Waals surface area (Å²) < 4.78 is 0. The average molecular weight is 359 g/mol. The Bertz CT molecular complexity index is 708. The summed E-state index contributed by atoms with van der Waals surface area (Å²) in [6.45, 7) is 0. The summed E-state index contributed by atoms with van der Waals surface area (Å²) in [5.41, 5.74) is -0.181. The molecule has 4 aliphatic rings. The second-order valence-electron chi connectivity index (χ2n) is 7.66. The van der Waals surface area contributed by atoms with Crippen molar-refractivity contribution in [2.75, 3.05) is 0 Å². The first kappa shape index (κ1) is 16.4. The van der Waals surface area contributed by atoms with Gasteiger partial charge in [-0.25, -0.2) is 0 Å². The van der Waals surface area contributed by atoms with Crippen molar-refractivity contribution in [3.8, 4) is 0 Å². The second kappa shape index (κ2) is 6.37. The molecule has 6 nitrogen and oxygen atoms in total. The standard InChI is InChI=1S/C18H21N3O3S/c22-17(14-3-1-2-4-15(14)21(23)24)20-18(25)19-16-12-6-10-5-11(8-12)9-13(16)7-10/h1-4,10-13,16H,5-9H2,(H2,19,20,22,25). The predicted octanol–water partition coefficient (Wildman–Crippen LogP) is 3.02. The van der Waals surface area contributed by atoms with Crippen molar-refractivity contribution < 1.29 is 9.72 Å². The Balaban J connectivity index is 1.41. The van der Waals surface area contributed by atoms with Crippen LogP contribution in [0.4, 0.5) is 5.69 Å². The lowest BCUT2D eigenvalue weighted by molar-refractivity contribution is -0.385. The van der Waals surface area contributed by atoms with Crippen LogP contribution in [0.2, 0.25) is 0 Å². The van der Waals surface area contributed by atoms with Crippen LogP contribution in [0.25, 0.3) is 0 Å². The Morgan fingerprint density at radius 3 is 2.28 bits per heavy atom. The maximum absolute atomic E-state index is 12.4. The molecule has 25 heavy (non-hydrogen) atoms. The smallest absolute Gasteiger partial charge is 0.282 e. The van der Waals surface area contributed by atoms with Crippen molar-refractivity contribution in [1.29, 1.82) is 0 Å². The Labute approximate surface area is 151 Å². The molecular weight excluding hydrogens is 338 g/mol. The van der Waals surface area contributed by atoms with Gasteiger partial charge in [0, 0.05) is 12.1 Å². The van der Waals surface area contributed by atoms with Crippen molar-refractivity contribution in [3.63, 3.8) is 0 Å². The van der Waals surface area contributed by atoms with Crippen molar-refractivity contribution in [2.24, 2.45) is 23.7 Å². The third-order valence-electron chi connectivity index (χ3n) is 6.10. The third kappa shape index (κ3) is 3.13. The molecule has 0 atom stereocenters. The first-order chi connectivity index (χ1) is 12.0. The Morgan fingerprint density at radius 1 is 1.08 bits per heavy atom. The molecule has 0 spiro atoms. The van der Waals surface area contributed by atoms with Crippen LogP contribution in [0, 0.1) is 33.8 Å². The van der Waals surface area contributed by atoms with Gasteiger partial charge in [-0.15, -0.1) is 0 Å². The van der Waals surface area contributed by atoms with E-state index in [0.29, 0.717) is 17.9 Å². The molecule has 0 unspecified atom stereocenters. The number of nitro benzene ring substituents is 1. The van der Waals surface area contributed by atoms with Crippen LogP contribution in [0.5, 0.6) is 0 Å². The number of rotatable bonds is 3. The van der Waals surface area contributed by atoms with E-state index in [1.54, 1.807) is 12.1 Å². The molecule has 4 fully saturated rings. The molecule has 4 saturated carbocycles. The number of hydrogen-bond donors (Lipinski definition) is 2. The molecule has 0 radical (unpaired) electrons. The zero-order valence-electron chi connectivity index (χ0n) is 13.8. The van der Waals surface area contributed by atoms with Gasteiger partial charge in [0.2, 0.25) is 0 Å². The maximum Gasteiger partial charge on any atom is 0.282 e. The number of thiocarbonyl (C=S) groups is 1. The number of para-hydroxylation sites is 1. The van der Waals surface area contributed by atoms with Gasteiger partial charge in [0.15, 0.2) is 5.11 Å². The lowest BCUT2D eigenvalue weighted by Gasteiger charge is -2.54. The zero-order chi connectivity index (χ0) is 17.6. The number of hydrogen-bond acceptors (Lipinski definition) is 4. The van der Waals surface area contributed by atoms with E-state index in [-0.39, 0.29) is 16.4 Å². The Kier molecular flexibility index (Phi) is 4.19. The molecule has 1 aromatic rings. The van der Waals surface area contributed by atoms with Crippen LogP contribution in [0.3, 0.4) is 0 Å². The molecule has 2 N–H and O–H groups in total. The number of nitrogens with zero attached hydrogens (tertiary/aromatic N) is 1. The molecule has 7 heteroatoms. The van der Waals surface area contributed by atoms with Gasteiger partial charge in [-0.3, -0.25) is 20.2 Å². The summed E-state index contributed by atoms with van der Waals surface area (Å²) in [7, 11) is 0. The zero-order valence-corrected chi connectivity index (χ0v) is 14.6. The number of nitro groups is 1. The fraction of sp³-hybridized carbons (Fsp3) is 0.556. The molecule has 0 saturated heterocycles. The quantitative estimate of drug-likeness (QED) is 0.492. The summed E-state index contributed by atoms with van der Waals surface area (Å²) in [6.07, 6.45) is 6.41. The molecular formula is C18H21N3O3S. The summed E-state index contributed by atoms with van der Waals surface area (Å²) in [5, 5.41) is 17.3. The van der Waals surface area contributed by atoms with Crippen LogP contribution < -0.4 is 10.6 Å². The molecule has 0 heterocycles. The highest BCUT2D eigenvalue weighted by molar-refractivity contribution is 7.80. The minimum absolute atomic E-state index is 0.0294. The average Bonchev–Trinajstić information content (AvgIpc) is 2.57. The lowest BCUT2D eigenvalue weighted by atomic mass is 9.54. The Hall–Kier alpha value is -2.02. The van der Waals surface area contributed by atoms with Crippen LogP contribution in [0.15, 0.2) is 24.3 Å². The molecule has 4 aliphatic carbocycles. The summed E-state index contributed by atoms with van der Waals surface area (Å²) >= 11 is 5.33.